The van der Waals surface area contributed by atoms with Crippen LogP contribution in [-0.2, 0) is 5.41 Å². The largest absolute Gasteiger partial charge is 0.503 e. The molecule has 4 rings (SSSR count). The van der Waals surface area contributed by atoms with E-state index >= 15 is 0 Å². The monoisotopic (exact) mass is 586 g/mol. The van der Waals surface area contributed by atoms with E-state index < -0.39 is 35.4 Å². The van der Waals surface area contributed by atoms with E-state index in [1.807, 2.05) is 38.1 Å². The maximum atomic E-state index is 12.5. The maximum Gasteiger partial charge on any atom is 0.503 e. The summed E-state index contributed by atoms with van der Waals surface area (Å²) in [4.78, 5) is 55.5. The molecule has 0 bridgehead atoms. The smallest absolute Gasteiger partial charge is 0.478 e. The Morgan fingerprint density at radius 2 is 0.884 bits per heavy atom. The minimum atomic E-state index is -1.83. The van der Waals surface area contributed by atoms with Crippen molar-refractivity contribution in [3.8, 4) is 11.5 Å². The van der Waals surface area contributed by atoms with Crippen LogP contribution in [0.25, 0.3) is 0 Å². The van der Waals surface area contributed by atoms with E-state index in [0.29, 0.717) is 11.5 Å². The molecule has 0 saturated heterocycles. The fraction of sp³-hybridized carbons (Fsp3) is 0.0938. The van der Waals surface area contributed by atoms with E-state index in [1.165, 1.54) is 48.5 Å². The molecular weight excluding hydrogens is 560 g/mol. The lowest BCUT2D eigenvalue weighted by Gasteiger charge is -2.26. The summed E-state index contributed by atoms with van der Waals surface area (Å²) < 4.78 is 10.8. The zero-order valence-electron chi connectivity index (χ0n) is 22.9. The lowest BCUT2D eigenvalue weighted by atomic mass is 9.78. The summed E-state index contributed by atoms with van der Waals surface area (Å²) in [6, 6.07) is 25.2. The molecule has 0 saturated carbocycles. The van der Waals surface area contributed by atoms with Gasteiger partial charge in [0.1, 0.15) is 11.5 Å². The molecule has 220 valence electrons. The van der Waals surface area contributed by atoms with E-state index in [9.17, 15) is 19.2 Å². The van der Waals surface area contributed by atoms with Crippen LogP contribution in [-0.4, -0.2) is 50.5 Å². The predicted molar refractivity (Wildman–Crippen MR) is 152 cm³/mol. The van der Waals surface area contributed by atoms with Gasteiger partial charge in [-0.15, -0.1) is 0 Å². The Morgan fingerprint density at radius 1 is 0.512 bits per heavy atom. The van der Waals surface area contributed by atoms with Gasteiger partial charge in [0.2, 0.25) is 0 Å². The Balaban J connectivity index is 0.00000119. The zero-order valence-corrected chi connectivity index (χ0v) is 22.9. The number of carboxylic acid groups (broad SMARTS) is 4. The Kier molecular flexibility index (Phi) is 9.98. The lowest BCUT2D eigenvalue weighted by Crippen LogP contribution is -2.19. The van der Waals surface area contributed by atoms with E-state index in [2.05, 4.69) is 0 Å². The first kappa shape index (κ1) is 31.6. The molecule has 0 aromatic heterocycles. The van der Waals surface area contributed by atoms with Gasteiger partial charge in [0.05, 0.1) is 22.3 Å². The molecule has 0 fully saturated rings. The number of ether oxygens (including phenoxy) is 2. The number of benzene rings is 4. The number of esters is 2. The van der Waals surface area contributed by atoms with Crippen LogP contribution in [0.4, 0.5) is 4.79 Å². The van der Waals surface area contributed by atoms with Crippen molar-refractivity contribution in [1.29, 1.82) is 0 Å². The Hall–Kier alpha value is -5.97. The highest BCUT2D eigenvalue weighted by atomic mass is 16.6. The molecule has 0 amide bonds. The van der Waals surface area contributed by atoms with Crippen LogP contribution in [0.1, 0.15) is 66.4 Å². The Labute approximate surface area is 245 Å². The van der Waals surface area contributed by atoms with Gasteiger partial charge in [-0.3, -0.25) is 0 Å². The third-order valence-corrected chi connectivity index (χ3v) is 6.29. The number of carbonyl (C=O) groups excluding carboxylic acids is 2. The van der Waals surface area contributed by atoms with Crippen molar-refractivity contribution in [2.45, 2.75) is 19.3 Å². The van der Waals surface area contributed by atoms with Gasteiger partial charge in [0, 0.05) is 5.41 Å². The minimum absolute atomic E-state index is 0.00303. The minimum Gasteiger partial charge on any atom is -0.478 e. The molecule has 0 atom stereocenters. The fourth-order valence-corrected chi connectivity index (χ4v) is 3.91. The van der Waals surface area contributed by atoms with Gasteiger partial charge in [-0.2, -0.15) is 0 Å². The van der Waals surface area contributed by atoms with Gasteiger partial charge in [0.25, 0.3) is 0 Å². The van der Waals surface area contributed by atoms with Crippen LogP contribution in [0.5, 0.6) is 11.5 Å². The van der Waals surface area contributed by atoms with E-state index in [0.717, 1.165) is 11.1 Å². The first-order valence-corrected chi connectivity index (χ1v) is 12.5. The second-order valence-electron chi connectivity index (χ2n) is 9.50. The van der Waals surface area contributed by atoms with Gasteiger partial charge in [0.15, 0.2) is 0 Å². The van der Waals surface area contributed by atoms with Gasteiger partial charge < -0.3 is 29.9 Å². The van der Waals surface area contributed by atoms with Gasteiger partial charge in [-0.05, 0) is 77.9 Å². The summed E-state index contributed by atoms with van der Waals surface area (Å²) in [6.45, 7) is 4.05. The molecule has 0 aliphatic carbocycles. The second-order valence-corrected chi connectivity index (χ2v) is 9.50. The molecule has 11 nitrogen and oxygen atoms in total. The molecule has 11 heteroatoms. The SMILES string of the molecule is CC(C)(c1ccc(OC(=O)c2ccc(C(=O)O)cc2)cc1)c1ccc(OC(=O)c2cccc(C(=O)O)c2)cc1.O=C(O)O. The van der Waals surface area contributed by atoms with Gasteiger partial charge in [-0.25, -0.2) is 24.0 Å². The summed E-state index contributed by atoms with van der Waals surface area (Å²) in [5.41, 5.74) is 1.90. The van der Waals surface area contributed by atoms with Crippen LogP contribution >= 0.6 is 0 Å². The number of hydrogen-bond donors (Lipinski definition) is 4. The van der Waals surface area contributed by atoms with Crippen LogP contribution < -0.4 is 9.47 Å². The van der Waals surface area contributed by atoms with Gasteiger partial charge >= 0.3 is 30.0 Å². The van der Waals surface area contributed by atoms with Crippen molar-refractivity contribution in [3.05, 3.63) is 130 Å². The summed E-state index contributed by atoms with van der Waals surface area (Å²) in [5, 5.41) is 32.0. The number of rotatable bonds is 8. The average Bonchev–Trinajstić information content (AvgIpc) is 2.97. The van der Waals surface area contributed by atoms with Crippen molar-refractivity contribution in [2.24, 2.45) is 0 Å². The zero-order chi connectivity index (χ0) is 31.7. The molecule has 0 unspecified atom stereocenters. The number of carboxylic acids is 2. The molecule has 0 radical (unpaired) electrons. The number of carbonyl (C=O) groups is 5. The molecule has 4 N–H and O–H groups in total. The van der Waals surface area contributed by atoms with Crippen molar-refractivity contribution >= 4 is 30.0 Å². The fourth-order valence-electron chi connectivity index (χ4n) is 3.91. The highest BCUT2D eigenvalue weighted by Crippen LogP contribution is 2.33. The van der Waals surface area contributed by atoms with Crippen molar-refractivity contribution in [2.75, 3.05) is 0 Å². The van der Waals surface area contributed by atoms with Crippen molar-refractivity contribution < 1.29 is 53.9 Å². The number of hydrogen-bond acceptors (Lipinski definition) is 7. The van der Waals surface area contributed by atoms with Crippen molar-refractivity contribution in [1.82, 2.24) is 0 Å². The standard InChI is InChI=1S/C31H24O8.CH2O3/c1-31(2,23-10-14-25(15-11-23)38-29(36)20-8-6-19(7-9-20)27(32)33)24-12-16-26(17-13-24)39-30(37)22-5-3-4-21(18-22)28(34)35;2-1(3)4/h3-18H,1-2H3,(H,32,33)(H,34,35);(H2,2,3,4). The maximum absolute atomic E-state index is 12.5. The van der Waals surface area contributed by atoms with E-state index in [1.54, 1.807) is 24.3 Å². The third-order valence-electron chi connectivity index (χ3n) is 6.29. The van der Waals surface area contributed by atoms with Crippen LogP contribution in [0.2, 0.25) is 0 Å². The molecule has 0 heterocycles. The topological polar surface area (TPSA) is 185 Å². The molecular formula is C32H26O11. The Bertz CT molecular complexity index is 1630. The predicted octanol–water partition coefficient (Wildman–Crippen LogP) is 6.07. The van der Waals surface area contributed by atoms with E-state index in [-0.39, 0.29) is 22.3 Å². The van der Waals surface area contributed by atoms with Crippen LogP contribution in [0.3, 0.4) is 0 Å². The normalized spacial score (nSPS) is 10.5. The van der Waals surface area contributed by atoms with Crippen molar-refractivity contribution in [3.63, 3.8) is 0 Å². The van der Waals surface area contributed by atoms with Crippen LogP contribution in [0.15, 0.2) is 97.1 Å². The summed E-state index contributed by atoms with van der Waals surface area (Å²) in [7, 11) is 0. The quantitative estimate of drug-likeness (QED) is 0.139. The van der Waals surface area contributed by atoms with E-state index in [4.69, 9.17) is 34.7 Å². The summed E-state index contributed by atoms with van der Waals surface area (Å²) in [6.07, 6.45) is -1.83. The summed E-state index contributed by atoms with van der Waals surface area (Å²) in [5.74, 6) is -2.80. The highest BCUT2D eigenvalue weighted by Gasteiger charge is 2.24. The average molecular weight is 587 g/mol. The lowest BCUT2D eigenvalue weighted by molar-refractivity contribution is 0.0685. The summed E-state index contributed by atoms with van der Waals surface area (Å²) >= 11 is 0. The highest BCUT2D eigenvalue weighted by molar-refractivity contribution is 5.95. The first-order valence-electron chi connectivity index (χ1n) is 12.5. The molecule has 0 aliphatic heterocycles. The molecule has 43 heavy (non-hydrogen) atoms. The second kappa shape index (κ2) is 13.6. The molecule has 0 aliphatic rings. The van der Waals surface area contributed by atoms with Crippen LogP contribution in [0, 0.1) is 0 Å². The van der Waals surface area contributed by atoms with Gasteiger partial charge in [-0.1, -0.05) is 44.2 Å². The third kappa shape index (κ3) is 8.51. The number of aromatic carboxylic acids is 2. The molecule has 4 aromatic carbocycles. The first-order chi connectivity index (χ1) is 20.3. The molecule has 0 spiro atoms. The molecule has 4 aromatic rings. The Morgan fingerprint density at radius 3 is 1.30 bits per heavy atom.